The predicted octanol–water partition coefficient (Wildman–Crippen LogP) is 3.78. The number of anilines is 2. The second kappa shape index (κ2) is 6.68. The number of rotatable bonds is 3. The highest BCUT2D eigenvalue weighted by Gasteiger charge is 2.36. The molecule has 3 rings (SSSR count). The number of pyridine rings is 1. The molecule has 0 fully saturated rings. The lowest BCUT2D eigenvalue weighted by atomic mass is 9.90. The minimum absolute atomic E-state index is 0.121. The molecule has 0 aliphatic heterocycles. The third-order valence-electron chi connectivity index (χ3n) is 4.69. The highest BCUT2D eigenvalue weighted by molar-refractivity contribution is 14.1. The number of carbonyl (C=O) groups is 1. The van der Waals surface area contributed by atoms with E-state index in [1.54, 1.807) is 19.2 Å². The standard InChI is InChI=1S/C19H20FIN2O3/c1-19(2)8-11-12(9-19)17(24)23(3)16(15(11)18(25)26-4)22-14-6-5-10(21)7-13(14)20/h5-7,22H,8-9H2,1-4H3. The molecule has 0 saturated heterocycles. The molecule has 26 heavy (non-hydrogen) atoms. The number of halogens is 2. The third kappa shape index (κ3) is 3.24. The lowest BCUT2D eigenvalue weighted by Crippen LogP contribution is -2.27. The smallest absolute Gasteiger partial charge is 0.341 e. The van der Waals surface area contributed by atoms with Gasteiger partial charge in [0.05, 0.1) is 12.8 Å². The number of nitrogens with one attached hydrogen (secondary N) is 1. The summed E-state index contributed by atoms with van der Waals surface area (Å²) in [4.78, 5) is 25.4. The molecule has 5 nitrogen and oxygen atoms in total. The van der Waals surface area contributed by atoms with Crippen LogP contribution in [-0.2, 0) is 24.6 Å². The van der Waals surface area contributed by atoms with Gasteiger partial charge >= 0.3 is 5.97 Å². The van der Waals surface area contributed by atoms with Crippen LogP contribution >= 0.6 is 22.6 Å². The summed E-state index contributed by atoms with van der Waals surface area (Å²) in [5.41, 5.74) is 1.52. The fourth-order valence-corrected chi connectivity index (χ4v) is 3.93. The Morgan fingerprint density at radius 1 is 1.31 bits per heavy atom. The molecule has 7 heteroatoms. The molecule has 1 aromatic heterocycles. The topological polar surface area (TPSA) is 60.3 Å². The average Bonchev–Trinajstić information content (AvgIpc) is 2.89. The zero-order chi connectivity index (χ0) is 19.2. The maximum absolute atomic E-state index is 14.3. The summed E-state index contributed by atoms with van der Waals surface area (Å²) in [7, 11) is 2.88. The molecule has 138 valence electrons. The van der Waals surface area contributed by atoms with E-state index >= 15 is 0 Å². The Morgan fingerprint density at radius 3 is 2.58 bits per heavy atom. The Morgan fingerprint density at radius 2 is 1.96 bits per heavy atom. The van der Waals surface area contributed by atoms with Crippen LogP contribution in [0.5, 0.6) is 0 Å². The van der Waals surface area contributed by atoms with Crippen molar-refractivity contribution in [3.63, 3.8) is 0 Å². The van der Waals surface area contributed by atoms with Crippen molar-refractivity contribution in [1.29, 1.82) is 0 Å². The van der Waals surface area contributed by atoms with Crippen molar-refractivity contribution >= 4 is 40.1 Å². The van der Waals surface area contributed by atoms with Gasteiger partial charge in [0.2, 0.25) is 0 Å². The minimum Gasteiger partial charge on any atom is -0.465 e. The number of benzene rings is 1. The van der Waals surface area contributed by atoms with Crippen LogP contribution in [0.2, 0.25) is 0 Å². The van der Waals surface area contributed by atoms with Crippen molar-refractivity contribution in [2.45, 2.75) is 26.7 Å². The first-order valence-electron chi connectivity index (χ1n) is 8.20. The van der Waals surface area contributed by atoms with Gasteiger partial charge in [-0.1, -0.05) is 13.8 Å². The van der Waals surface area contributed by atoms with E-state index in [9.17, 15) is 14.0 Å². The number of ether oxygens (including phenoxy) is 1. The van der Waals surface area contributed by atoms with E-state index in [0.717, 1.165) is 3.57 Å². The van der Waals surface area contributed by atoms with Crippen LogP contribution in [0, 0.1) is 14.8 Å². The van der Waals surface area contributed by atoms with E-state index in [4.69, 9.17) is 4.74 Å². The molecule has 1 aliphatic carbocycles. The number of carbonyl (C=O) groups excluding carboxylic acids is 1. The summed E-state index contributed by atoms with van der Waals surface area (Å²) in [5.74, 6) is -0.748. The van der Waals surface area contributed by atoms with Crippen LogP contribution in [0.25, 0.3) is 0 Å². The highest BCUT2D eigenvalue weighted by Crippen LogP contribution is 2.39. The van der Waals surface area contributed by atoms with E-state index in [-0.39, 0.29) is 22.5 Å². The maximum atomic E-state index is 14.3. The number of hydrogen-bond donors (Lipinski definition) is 1. The van der Waals surface area contributed by atoms with Gasteiger partial charge in [0, 0.05) is 16.2 Å². The third-order valence-corrected chi connectivity index (χ3v) is 5.36. The van der Waals surface area contributed by atoms with Crippen LogP contribution in [-0.4, -0.2) is 17.6 Å². The minimum atomic E-state index is -0.539. The monoisotopic (exact) mass is 470 g/mol. The van der Waals surface area contributed by atoms with Gasteiger partial charge < -0.3 is 10.1 Å². The first-order valence-corrected chi connectivity index (χ1v) is 9.27. The Balaban J connectivity index is 2.24. The fourth-order valence-electron chi connectivity index (χ4n) is 3.48. The molecule has 1 aliphatic rings. The maximum Gasteiger partial charge on any atom is 0.341 e. The van der Waals surface area contributed by atoms with E-state index in [0.29, 0.717) is 29.5 Å². The first kappa shape index (κ1) is 18.9. The van der Waals surface area contributed by atoms with Gasteiger partial charge in [-0.3, -0.25) is 9.36 Å². The summed E-state index contributed by atoms with van der Waals surface area (Å²) in [6.07, 6.45) is 1.18. The van der Waals surface area contributed by atoms with Crippen molar-refractivity contribution in [3.05, 3.63) is 54.6 Å². The van der Waals surface area contributed by atoms with Crippen molar-refractivity contribution < 1.29 is 13.9 Å². The Bertz CT molecular complexity index is 966. The molecular formula is C19H20FIN2O3. The zero-order valence-electron chi connectivity index (χ0n) is 15.1. The van der Waals surface area contributed by atoms with E-state index in [2.05, 4.69) is 19.2 Å². The van der Waals surface area contributed by atoms with Gasteiger partial charge in [0.15, 0.2) is 0 Å². The molecule has 0 saturated carbocycles. The molecule has 1 heterocycles. The number of esters is 1. The van der Waals surface area contributed by atoms with Crippen LogP contribution in [0.3, 0.4) is 0 Å². The summed E-state index contributed by atoms with van der Waals surface area (Å²) in [5, 5.41) is 2.93. The van der Waals surface area contributed by atoms with E-state index in [1.807, 2.05) is 22.6 Å². The number of fused-ring (bicyclic) bond motifs is 1. The lowest BCUT2D eigenvalue weighted by molar-refractivity contribution is 0.0599. The molecule has 0 radical (unpaired) electrons. The van der Waals surface area contributed by atoms with Crippen LogP contribution in [0.4, 0.5) is 15.9 Å². The molecule has 1 aromatic carbocycles. The fraction of sp³-hybridized carbons (Fsp3) is 0.368. The number of hydrogen-bond acceptors (Lipinski definition) is 4. The number of nitrogens with zero attached hydrogens (tertiary/aromatic N) is 1. The average molecular weight is 470 g/mol. The molecule has 0 unspecified atom stereocenters. The predicted molar refractivity (Wildman–Crippen MR) is 107 cm³/mol. The molecule has 1 N–H and O–H groups in total. The van der Waals surface area contributed by atoms with Gasteiger partial charge in [-0.05, 0) is 64.6 Å². The second-order valence-corrected chi connectivity index (χ2v) is 8.55. The van der Waals surface area contributed by atoms with Gasteiger partial charge in [0.1, 0.15) is 17.2 Å². The Hall–Kier alpha value is -1.90. The van der Waals surface area contributed by atoms with Crippen molar-refractivity contribution in [1.82, 2.24) is 4.57 Å². The quantitative estimate of drug-likeness (QED) is 0.548. The molecule has 0 atom stereocenters. The van der Waals surface area contributed by atoms with Gasteiger partial charge in [-0.2, -0.15) is 0 Å². The van der Waals surface area contributed by atoms with Gasteiger partial charge in [-0.25, -0.2) is 9.18 Å². The van der Waals surface area contributed by atoms with Crippen molar-refractivity contribution in [2.75, 3.05) is 12.4 Å². The summed E-state index contributed by atoms with van der Waals surface area (Å²) in [6.45, 7) is 4.11. The first-order chi connectivity index (χ1) is 12.1. The molecule has 0 spiro atoms. The highest BCUT2D eigenvalue weighted by atomic mass is 127. The summed E-state index contributed by atoms with van der Waals surface area (Å²) < 4.78 is 21.4. The number of aromatic nitrogens is 1. The van der Waals surface area contributed by atoms with Crippen LogP contribution in [0.1, 0.15) is 35.3 Å². The van der Waals surface area contributed by atoms with Crippen molar-refractivity contribution in [3.8, 4) is 0 Å². The normalized spacial score (nSPS) is 14.8. The molecular weight excluding hydrogens is 450 g/mol. The van der Waals surface area contributed by atoms with Crippen molar-refractivity contribution in [2.24, 2.45) is 12.5 Å². The Kier molecular flexibility index (Phi) is 4.85. The van der Waals surface area contributed by atoms with Crippen LogP contribution < -0.4 is 10.9 Å². The molecule has 0 bridgehead atoms. The largest absolute Gasteiger partial charge is 0.465 e. The summed E-state index contributed by atoms with van der Waals surface area (Å²) >= 11 is 2.02. The summed E-state index contributed by atoms with van der Waals surface area (Å²) in [6, 6.07) is 4.72. The molecule has 2 aromatic rings. The SMILES string of the molecule is COC(=O)c1c2c(c(=O)n(C)c1Nc1ccc(I)cc1F)CC(C)(C)C2. The van der Waals surface area contributed by atoms with E-state index < -0.39 is 11.8 Å². The van der Waals surface area contributed by atoms with Crippen LogP contribution in [0.15, 0.2) is 23.0 Å². The second-order valence-electron chi connectivity index (χ2n) is 7.30. The van der Waals surface area contributed by atoms with Gasteiger partial charge in [-0.15, -0.1) is 0 Å². The van der Waals surface area contributed by atoms with E-state index in [1.165, 1.54) is 17.7 Å². The number of methoxy groups -OCH3 is 1. The van der Waals surface area contributed by atoms with Gasteiger partial charge in [0.25, 0.3) is 5.56 Å². The Labute approximate surface area is 164 Å². The molecule has 0 amide bonds. The zero-order valence-corrected chi connectivity index (χ0v) is 17.2. The lowest BCUT2D eigenvalue weighted by Gasteiger charge is -2.19.